The van der Waals surface area contributed by atoms with E-state index in [9.17, 15) is 19.2 Å². The monoisotopic (exact) mass is 366 g/mol. The van der Waals surface area contributed by atoms with E-state index in [4.69, 9.17) is 4.74 Å². The summed E-state index contributed by atoms with van der Waals surface area (Å²) in [5, 5.41) is 5.03. The van der Waals surface area contributed by atoms with Crippen molar-refractivity contribution in [2.45, 2.75) is 31.7 Å². The Morgan fingerprint density at radius 1 is 1.20 bits per heavy atom. The Kier molecular flexibility index (Phi) is 8.69. The van der Waals surface area contributed by atoms with Crippen LogP contribution in [-0.2, 0) is 19.1 Å². The summed E-state index contributed by atoms with van der Waals surface area (Å²) < 4.78 is 5.00. The van der Waals surface area contributed by atoms with Gasteiger partial charge in [-0.3, -0.25) is 14.4 Å². The summed E-state index contributed by atoms with van der Waals surface area (Å²) in [6.45, 7) is 4.75. The summed E-state index contributed by atoms with van der Waals surface area (Å²) in [6, 6.07) is 5.98. The Balaban J connectivity index is 2.58. The maximum atomic E-state index is 12.2. The number of Topliss-reactive ketones (excluding diaryl/α,β-unsaturated/α-hetero) is 1. The highest BCUT2D eigenvalue weighted by molar-refractivity contribution is 8.00. The van der Waals surface area contributed by atoms with Gasteiger partial charge in [-0.05, 0) is 32.9 Å². The van der Waals surface area contributed by atoms with E-state index in [1.54, 1.807) is 38.1 Å². The molecule has 1 aromatic carbocycles. The van der Waals surface area contributed by atoms with Gasteiger partial charge in [0.25, 0.3) is 5.91 Å². The van der Waals surface area contributed by atoms with Crippen molar-refractivity contribution in [3.63, 3.8) is 0 Å². The molecule has 1 atom stereocenters. The lowest BCUT2D eigenvalue weighted by Crippen LogP contribution is -2.46. The molecule has 1 aromatic rings. The molecule has 0 aliphatic carbocycles. The van der Waals surface area contributed by atoms with Crippen molar-refractivity contribution < 1.29 is 23.9 Å². The Morgan fingerprint density at radius 3 is 2.52 bits per heavy atom. The van der Waals surface area contributed by atoms with Gasteiger partial charge in [0.15, 0.2) is 6.61 Å². The van der Waals surface area contributed by atoms with E-state index in [1.807, 2.05) is 0 Å². The molecule has 0 aliphatic heterocycles. The van der Waals surface area contributed by atoms with Gasteiger partial charge in [0.05, 0.1) is 11.3 Å². The number of benzene rings is 1. The maximum absolute atomic E-state index is 12.2. The van der Waals surface area contributed by atoms with Crippen molar-refractivity contribution in [1.29, 1.82) is 0 Å². The Labute approximate surface area is 150 Å². The third kappa shape index (κ3) is 7.38. The van der Waals surface area contributed by atoms with Crippen LogP contribution >= 0.6 is 11.8 Å². The zero-order chi connectivity index (χ0) is 18.8. The Morgan fingerprint density at radius 2 is 1.88 bits per heavy atom. The molecule has 136 valence electrons. The van der Waals surface area contributed by atoms with E-state index in [0.29, 0.717) is 17.0 Å². The van der Waals surface area contributed by atoms with Gasteiger partial charge in [-0.1, -0.05) is 12.1 Å². The smallest absolute Gasteiger partial charge is 0.339 e. The molecule has 0 saturated carbocycles. The number of esters is 1. The Hall–Kier alpha value is -2.35. The summed E-state index contributed by atoms with van der Waals surface area (Å²) in [6.07, 6.45) is 0. The maximum Gasteiger partial charge on any atom is 0.339 e. The van der Waals surface area contributed by atoms with Gasteiger partial charge in [0, 0.05) is 11.4 Å². The fourth-order valence-electron chi connectivity index (χ4n) is 1.83. The van der Waals surface area contributed by atoms with Gasteiger partial charge >= 0.3 is 5.97 Å². The molecular formula is C17H22N2O5S. The lowest BCUT2D eigenvalue weighted by molar-refractivity contribution is -0.130. The number of ether oxygens (including phenoxy) is 1. The lowest BCUT2D eigenvalue weighted by Gasteiger charge is -2.13. The summed E-state index contributed by atoms with van der Waals surface area (Å²) >= 11 is 1.23. The first-order valence-corrected chi connectivity index (χ1v) is 8.79. The number of ketones is 1. The van der Waals surface area contributed by atoms with E-state index in [0.717, 1.165) is 0 Å². The fraction of sp³-hybridized carbons (Fsp3) is 0.412. The van der Waals surface area contributed by atoms with Crippen LogP contribution < -0.4 is 10.6 Å². The molecule has 0 radical (unpaired) electrons. The highest BCUT2D eigenvalue weighted by Gasteiger charge is 2.18. The molecule has 0 bridgehead atoms. The minimum Gasteiger partial charge on any atom is -0.452 e. The largest absolute Gasteiger partial charge is 0.452 e. The third-order valence-electron chi connectivity index (χ3n) is 2.99. The van der Waals surface area contributed by atoms with E-state index < -0.39 is 24.5 Å². The van der Waals surface area contributed by atoms with Gasteiger partial charge in [-0.25, -0.2) is 4.79 Å². The zero-order valence-electron chi connectivity index (χ0n) is 14.5. The molecular weight excluding hydrogens is 344 g/mol. The first-order valence-electron chi connectivity index (χ1n) is 7.80. The van der Waals surface area contributed by atoms with Gasteiger partial charge in [-0.2, -0.15) is 0 Å². The topological polar surface area (TPSA) is 102 Å². The van der Waals surface area contributed by atoms with E-state index >= 15 is 0 Å². The molecule has 1 rings (SSSR count). The molecule has 7 nitrogen and oxygen atoms in total. The summed E-state index contributed by atoms with van der Waals surface area (Å²) in [4.78, 5) is 47.2. The highest BCUT2D eigenvalue weighted by Crippen LogP contribution is 2.23. The molecule has 0 unspecified atom stereocenters. The molecule has 0 heterocycles. The number of nitrogens with one attached hydrogen (secondary N) is 2. The molecule has 0 aromatic heterocycles. The number of hydrogen-bond acceptors (Lipinski definition) is 6. The predicted octanol–water partition coefficient (Wildman–Crippen LogP) is 1.17. The van der Waals surface area contributed by atoms with Crippen LogP contribution in [0.5, 0.6) is 0 Å². The van der Waals surface area contributed by atoms with Crippen LogP contribution in [0.4, 0.5) is 0 Å². The highest BCUT2D eigenvalue weighted by atomic mass is 32.2. The van der Waals surface area contributed by atoms with Crippen molar-refractivity contribution in [2.24, 2.45) is 0 Å². The standard InChI is InChI=1S/C17H22N2O5S/c1-4-18-16(22)12(3)19-15(21)9-24-17(23)13-7-5-6-8-14(13)25-10-11(2)20/h5-8,12H,4,9-10H2,1-3H3,(H,18,22)(H,19,21)/t12-/m1/s1. The summed E-state index contributed by atoms with van der Waals surface area (Å²) in [5.41, 5.74) is 0.290. The molecule has 25 heavy (non-hydrogen) atoms. The molecule has 0 aliphatic rings. The number of likely N-dealkylation sites (N-methyl/N-ethyl adjacent to an activating group) is 1. The first kappa shape index (κ1) is 20.7. The van der Waals surface area contributed by atoms with Gasteiger partial charge in [0.1, 0.15) is 11.8 Å². The van der Waals surface area contributed by atoms with Crippen molar-refractivity contribution in [3.05, 3.63) is 29.8 Å². The number of amides is 2. The zero-order valence-corrected chi connectivity index (χ0v) is 15.3. The molecule has 0 saturated heterocycles. The quantitative estimate of drug-likeness (QED) is 0.502. The molecule has 0 spiro atoms. The number of carbonyl (C=O) groups excluding carboxylic acids is 4. The van der Waals surface area contributed by atoms with Gasteiger partial charge < -0.3 is 15.4 Å². The number of hydrogen-bond donors (Lipinski definition) is 2. The second-order valence-electron chi connectivity index (χ2n) is 5.25. The molecule has 8 heteroatoms. The van der Waals surface area contributed by atoms with Crippen molar-refractivity contribution in [3.8, 4) is 0 Å². The average molecular weight is 366 g/mol. The summed E-state index contributed by atoms with van der Waals surface area (Å²) in [7, 11) is 0. The molecule has 2 amide bonds. The van der Waals surface area contributed by atoms with Gasteiger partial charge in [-0.15, -0.1) is 11.8 Å². The summed E-state index contributed by atoms with van der Waals surface area (Å²) in [5.74, 6) is -1.30. The molecule has 2 N–H and O–H groups in total. The van der Waals surface area contributed by atoms with E-state index in [-0.39, 0.29) is 17.4 Å². The van der Waals surface area contributed by atoms with Crippen LogP contribution in [0, 0.1) is 0 Å². The Bertz CT molecular complexity index is 648. The lowest BCUT2D eigenvalue weighted by atomic mass is 10.2. The third-order valence-corrected chi connectivity index (χ3v) is 4.21. The fourth-order valence-corrected chi connectivity index (χ4v) is 2.67. The second kappa shape index (κ2) is 10.5. The second-order valence-corrected chi connectivity index (χ2v) is 6.26. The molecule has 0 fully saturated rings. The van der Waals surface area contributed by atoms with Crippen LogP contribution in [0.25, 0.3) is 0 Å². The van der Waals surface area contributed by atoms with Crippen molar-refractivity contribution in [1.82, 2.24) is 10.6 Å². The van der Waals surface area contributed by atoms with E-state index in [1.165, 1.54) is 18.7 Å². The predicted molar refractivity (Wildman–Crippen MR) is 94.4 cm³/mol. The van der Waals surface area contributed by atoms with Crippen LogP contribution in [0.1, 0.15) is 31.1 Å². The number of thioether (sulfide) groups is 1. The van der Waals surface area contributed by atoms with Crippen molar-refractivity contribution >= 4 is 35.3 Å². The minimum absolute atomic E-state index is 0.00751. The van der Waals surface area contributed by atoms with Crippen LogP contribution in [0.15, 0.2) is 29.2 Å². The number of rotatable bonds is 9. The van der Waals surface area contributed by atoms with Crippen LogP contribution in [-0.4, -0.2) is 48.5 Å². The number of carbonyl (C=O) groups is 4. The van der Waals surface area contributed by atoms with E-state index in [2.05, 4.69) is 10.6 Å². The van der Waals surface area contributed by atoms with Crippen LogP contribution in [0.3, 0.4) is 0 Å². The minimum atomic E-state index is -0.718. The van der Waals surface area contributed by atoms with Gasteiger partial charge in [0.2, 0.25) is 5.91 Å². The normalized spacial score (nSPS) is 11.3. The SMILES string of the molecule is CCNC(=O)[C@@H](C)NC(=O)COC(=O)c1ccccc1SCC(C)=O. The first-order chi connectivity index (χ1) is 11.8. The van der Waals surface area contributed by atoms with Crippen LogP contribution in [0.2, 0.25) is 0 Å². The average Bonchev–Trinajstić information content (AvgIpc) is 2.58. The van der Waals surface area contributed by atoms with Crippen molar-refractivity contribution in [2.75, 3.05) is 18.9 Å².